The Morgan fingerprint density at radius 1 is 1.31 bits per heavy atom. The van der Waals surface area contributed by atoms with Gasteiger partial charge in [0.15, 0.2) is 5.96 Å². The van der Waals surface area contributed by atoms with Crippen LogP contribution in [0, 0.1) is 0 Å². The molecule has 162 valence electrons. The number of rotatable bonds is 8. The zero-order valence-electron chi connectivity index (χ0n) is 17.5. The van der Waals surface area contributed by atoms with E-state index in [0.29, 0.717) is 32.5 Å². The van der Waals surface area contributed by atoms with Crippen molar-refractivity contribution in [1.82, 2.24) is 20.4 Å². The van der Waals surface area contributed by atoms with Gasteiger partial charge in [-0.05, 0) is 38.3 Å². The highest BCUT2D eigenvalue weighted by atomic mass is 127. The predicted octanol–water partition coefficient (Wildman–Crippen LogP) is 3.47. The van der Waals surface area contributed by atoms with Crippen molar-refractivity contribution in [2.75, 3.05) is 26.7 Å². The van der Waals surface area contributed by atoms with Crippen LogP contribution in [-0.2, 0) is 11.3 Å². The smallest absolute Gasteiger partial charge is 0.325 e. The summed E-state index contributed by atoms with van der Waals surface area (Å²) in [5.41, 5.74) is 0.236. The minimum Gasteiger partial charge on any atom is -0.357 e. The Labute approximate surface area is 195 Å². The van der Waals surface area contributed by atoms with Crippen LogP contribution >= 0.6 is 35.6 Å². The molecule has 1 aromatic carbocycles. The molecule has 1 aromatic rings. The van der Waals surface area contributed by atoms with E-state index in [2.05, 4.69) is 15.6 Å². The van der Waals surface area contributed by atoms with Crippen LogP contribution in [0.4, 0.5) is 4.79 Å². The summed E-state index contributed by atoms with van der Waals surface area (Å²) in [5, 5.41) is 6.76. The molecule has 0 aliphatic carbocycles. The second-order valence-electron chi connectivity index (χ2n) is 7.11. The van der Waals surface area contributed by atoms with Gasteiger partial charge in [0.2, 0.25) is 0 Å². The van der Waals surface area contributed by atoms with Crippen molar-refractivity contribution in [2.24, 2.45) is 4.99 Å². The second-order valence-corrected chi connectivity index (χ2v) is 7.52. The van der Waals surface area contributed by atoms with Crippen molar-refractivity contribution >= 4 is 53.5 Å². The monoisotopic (exact) mass is 535 g/mol. The summed E-state index contributed by atoms with van der Waals surface area (Å²) in [7, 11) is 1.95. The van der Waals surface area contributed by atoms with Gasteiger partial charge in [0.1, 0.15) is 5.54 Å². The van der Waals surface area contributed by atoms with E-state index in [4.69, 9.17) is 11.6 Å². The molecule has 1 fully saturated rings. The van der Waals surface area contributed by atoms with Gasteiger partial charge in [-0.1, -0.05) is 36.7 Å². The Morgan fingerprint density at radius 3 is 2.59 bits per heavy atom. The molecule has 3 amide bonds. The molecular formula is C20H31ClIN5O2. The average molecular weight is 536 g/mol. The fourth-order valence-corrected chi connectivity index (χ4v) is 3.23. The van der Waals surface area contributed by atoms with Gasteiger partial charge >= 0.3 is 6.03 Å². The van der Waals surface area contributed by atoms with E-state index in [9.17, 15) is 9.59 Å². The first-order valence-electron chi connectivity index (χ1n) is 9.69. The summed E-state index contributed by atoms with van der Waals surface area (Å²) in [5.74, 6) is 0.602. The topological polar surface area (TPSA) is 77.0 Å². The van der Waals surface area contributed by atoms with Gasteiger partial charge in [0.05, 0.1) is 0 Å². The largest absolute Gasteiger partial charge is 0.357 e. The minimum absolute atomic E-state index is 0. The molecule has 1 unspecified atom stereocenters. The molecule has 1 heterocycles. The number of carbonyl (C=O) groups excluding carboxylic acids is 2. The minimum atomic E-state index is -0.787. The Kier molecular flexibility index (Phi) is 10.2. The number of hydrogen-bond donors (Lipinski definition) is 2. The SMILES string of the molecule is CCNC(=NCCCN1C(=O)NC(C)(CC)C1=O)N(C)Cc1ccccc1Cl.I. The lowest BCUT2D eigenvalue weighted by Gasteiger charge is -2.23. The van der Waals surface area contributed by atoms with Crippen LogP contribution < -0.4 is 10.6 Å². The molecule has 2 N–H and O–H groups in total. The van der Waals surface area contributed by atoms with Crippen molar-refractivity contribution in [3.63, 3.8) is 0 Å². The summed E-state index contributed by atoms with van der Waals surface area (Å²) in [4.78, 5) is 32.4. The van der Waals surface area contributed by atoms with E-state index < -0.39 is 5.54 Å². The van der Waals surface area contributed by atoms with E-state index in [-0.39, 0.29) is 35.9 Å². The van der Waals surface area contributed by atoms with Crippen molar-refractivity contribution < 1.29 is 9.59 Å². The van der Waals surface area contributed by atoms with Gasteiger partial charge in [0, 0.05) is 38.2 Å². The van der Waals surface area contributed by atoms with Gasteiger partial charge < -0.3 is 15.5 Å². The Balaban J connectivity index is 0.00000420. The summed E-state index contributed by atoms with van der Waals surface area (Å²) in [6, 6.07) is 7.41. The molecule has 1 saturated heterocycles. The van der Waals surface area contributed by atoms with Crippen LogP contribution in [0.1, 0.15) is 39.2 Å². The molecule has 1 aliphatic heterocycles. The third kappa shape index (κ3) is 6.47. The lowest BCUT2D eigenvalue weighted by atomic mass is 9.99. The van der Waals surface area contributed by atoms with Crippen molar-refractivity contribution in [2.45, 2.75) is 45.7 Å². The Bertz CT molecular complexity index is 745. The third-order valence-electron chi connectivity index (χ3n) is 4.92. The first-order valence-corrected chi connectivity index (χ1v) is 10.1. The predicted molar refractivity (Wildman–Crippen MR) is 128 cm³/mol. The highest BCUT2D eigenvalue weighted by molar-refractivity contribution is 14.0. The van der Waals surface area contributed by atoms with Crippen LogP contribution in [0.5, 0.6) is 0 Å². The molecule has 0 saturated carbocycles. The highest BCUT2D eigenvalue weighted by Crippen LogP contribution is 2.21. The fraction of sp³-hybridized carbons (Fsp3) is 0.550. The number of nitrogens with one attached hydrogen (secondary N) is 2. The number of benzene rings is 1. The highest BCUT2D eigenvalue weighted by Gasteiger charge is 2.45. The number of hydrogen-bond acceptors (Lipinski definition) is 3. The lowest BCUT2D eigenvalue weighted by Crippen LogP contribution is -2.43. The molecule has 0 aromatic heterocycles. The summed E-state index contributed by atoms with van der Waals surface area (Å²) in [6.07, 6.45) is 1.18. The van der Waals surface area contributed by atoms with Gasteiger partial charge in [-0.15, -0.1) is 24.0 Å². The maximum atomic E-state index is 12.4. The normalized spacial score (nSPS) is 19.1. The molecule has 0 spiro atoms. The van der Waals surface area contributed by atoms with E-state index in [1.807, 2.05) is 50.1 Å². The zero-order valence-corrected chi connectivity index (χ0v) is 20.6. The lowest BCUT2D eigenvalue weighted by molar-refractivity contribution is -0.130. The molecule has 2 rings (SSSR count). The molecule has 1 aliphatic rings. The van der Waals surface area contributed by atoms with Gasteiger partial charge in [0.25, 0.3) is 5.91 Å². The summed E-state index contributed by atoms with van der Waals surface area (Å²) >= 11 is 6.25. The first-order chi connectivity index (χ1) is 13.3. The number of carbonyl (C=O) groups is 2. The van der Waals surface area contributed by atoms with E-state index in [0.717, 1.165) is 23.1 Å². The van der Waals surface area contributed by atoms with Gasteiger partial charge in [-0.25, -0.2) is 4.79 Å². The molecule has 1 atom stereocenters. The standard InChI is InChI=1S/C20H30ClN5O2.HI/c1-5-20(3)17(27)26(19(28)24-20)13-9-12-23-18(22-6-2)25(4)14-15-10-7-8-11-16(15)21;/h7-8,10-11H,5-6,9,12-14H2,1-4H3,(H,22,23)(H,24,28);1H. The Hall–Kier alpha value is -1.55. The number of imide groups is 1. The van der Waals surface area contributed by atoms with Crippen LogP contribution in [0.25, 0.3) is 0 Å². The number of urea groups is 1. The van der Waals surface area contributed by atoms with Crippen molar-refractivity contribution in [3.8, 4) is 0 Å². The Morgan fingerprint density at radius 2 is 2.00 bits per heavy atom. The maximum Gasteiger partial charge on any atom is 0.325 e. The summed E-state index contributed by atoms with van der Waals surface area (Å²) < 4.78 is 0. The molecule has 0 radical (unpaired) electrons. The van der Waals surface area contributed by atoms with E-state index >= 15 is 0 Å². The number of halogens is 2. The first kappa shape index (κ1) is 25.5. The maximum absolute atomic E-state index is 12.4. The summed E-state index contributed by atoms with van der Waals surface area (Å²) in [6.45, 7) is 7.91. The molecule has 29 heavy (non-hydrogen) atoms. The van der Waals surface area contributed by atoms with Gasteiger partial charge in [-0.3, -0.25) is 14.7 Å². The fourth-order valence-electron chi connectivity index (χ4n) is 3.03. The molecular weight excluding hydrogens is 505 g/mol. The average Bonchev–Trinajstić information content (AvgIpc) is 2.89. The van der Waals surface area contributed by atoms with Crippen LogP contribution in [0.2, 0.25) is 5.02 Å². The number of amides is 3. The van der Waals surface area contributed by atoms with Crippen LogP contribution in [-0.4, -0.2) is 59.9 Å². The number of nitrogens with zero attached hydrogens (tertiary/aromatic N) is 3. The van der Waals surface area contributed by atoms with Crippen molar-refractivity contribution in [3.05, 3.63) is 34.9 Å². The zero-order chi connectivity index (χ0) is 20.7. The quantitative estimate of drug-likeness (QED) is 0.176. The van der Waals surface area contributed by atoms with Gasteiger partial charge in [-0.2, -0.15) is 0 Å². The molecule has 9 heteroatoms. The number of aliphatic imine (C=N–C) groups is 1. The third-order valence-corrected chi connectivity index (χ3v) is 5.28. The van der Waals surface area contributed by atoms with Crippen molar-refractivity contribution in [1.29, 1.82) is 0 Å². The van der Waals surface area contributed by atoms with E-state index in [1.54, 1.807) is 6.92 Å². The molecule has 7 nitrogen and oxygen atoms in total. The molecule has 0 bridgehead atoms. The van der Waals surface area contributed by atoms with Crippen LogP contribution in [0.15, 0.2) is 29.3 Å². The van der Waals surface area contributed by atoms with E-state index in [1.165, 1.54) is 4.90 Å². The second kappa shape index (κ2) is 11.6. The number of guanidine groups is 1. The van der Waals surface area contributed by atoms with Crippen LogP contribution in [0.3, 0.4) is 0 Å².